The molecule has 1 aromatic heterocycles. The SMILES string of the molecule is O=C(C=Cc1cccs1)Nc1ccc(O)cc1Cl. The lowest BCUT2D eigenvalue weighted by Gasteiger charge is -2.04. The predicted molar refractivity (Wildman–Crippen MR) is 75.1 cm³/mol. The van der Waals surface area contributed by atoms with Crippen molar-refractivity contribution < 1.29 is 9.90 Å². The highest BCUT2D eigenvalue weighted by atomic mass is 35.5. The van der Waals surface area contributed by atoms with Gasteiger partial charge in [0.2, 0.25) is 5.91 Å². The number of nitrogens with one attached hydrogen (secondary N) is 1. The Morgan fingerprint density at radius 1 is 1.39 bits per heavy atom. The van der Waals surface area contributed by atoms with E-state index >= 15 is 0 Å². The zero-order valence-corrected chi connectivity index (χ0v) is 10.8. The maximum Gasteiger partial charge on any atom is 0.248 e. The van der Waals surface area contributed by atoms with Crippen LogP contribution >= 0.6 is 22.9 Å². The fraction of sp³-hybridized carbons (Fsp3) is 0. The van der Waals surface area contributed by atoms with Crippen molar-refractivity contribution in [2.45, 2.75) is 0 Å². The first-order valence-corrected chi connectivity index (χ1v) is 6.42. The number of phenolic OH excluding ortho intramolecular Hbond substituents is 1. The number of amides is 1. The van der Waals surface area contributed by atoms with E-state index in [1.54, 1.807) is 23.5 Å². The normalized spacial score (nSPS) is 10.7. The van der Waals surface area contributed by atoms with E-state index in [-0.39, 0.29) is 11.7 Å². The molecule has 0 saturated carbocycles. The predicted octanol–water partition coefficient (Wildman–Crippen LogP) is 3.76. The average Bonchev–Trinajstić information content (AvgIpc) is 2.83. The first-order chi connectivity index (χ1) is 8.65. The molecule has 1 heterocycles. The number of phenols is 1. The number of hydrogen-bond acceptors (Lipinski definition) is 3. The van der Waals surface area contributed by atoms with Gasteiger partial charge < -0.3 is 10.4 Å². The second-order valence-corrected chi connectivity index (χ2v) is 4.89. The van der Waals surface area contributed by atoms with E-state index in [1.165, 1.54) is 18.2 Å². The Bertz CT molecular complexity index is 579. The number of benzene rings is 1. The standard InChI is InChI=1S/C13H10ClNO2S/c14-11-8-9(16)3-5-12(11)15-13(17)6-4-10-2-1-7-18-10/h1-8,16H,(H,15,17). The van der Waals surface area contributed by atoms with E-state index in [9.17, 15) is 9.90 Å². The van der Waals surface area contributed by atoms with Gasteiger partial charge in [-0.25, -0.2) is 0 Å². The molecule has 0 unspecified atom stereocenters. The second-order valence-electron chi connectivity index (χ2n) is 3.50. The van der Waals surface area contributed by atoms with Crippen molar-refractivity contribution in [3.8, 4) is 5.75 Å². The molecule has 0 bridgehead atoms. The summed E-state index contributed by atoms with van der Waals surface area (Å²) in [6, 6.07) is 8.22. The Morgan fingerprint density at radius 2 is 2.22 bits per heavy atom. The van der Waals surface area contributed by atoms with Crippen molar-refractivity contribution in [1.29, 1.82) is 0 Å². The summed E-state index contributed by atoms with van der Waals surface area (Å²) in [7, 11) is 0. The molecular formula is C13H10ClNO2S. The van der Waals surface area contributed by atoms with Crippen LogP contribution in [-0.4, -0.2) is 11.0 Å². The number of anilines is 1. The molecular weight excluding hydrogens is 270 g/mol. The van der Waals surface area contributed by atoms with Crippen LogP contribution in [0.1, 0.15) is 4.88 Å². The van der Waals surface area contributed by atoms with Gasteiger partial charge in [-0.05, 0) is 29.7 Å². The molecule has 1 amide bonds. The summed E-state index contributed by atoms with van der Waals surface area (Å²) in [5.41, 5.74) is 0.468. The maximum absolute atomic E-state index is 11.6. The highest BCUT2D eigenvalue weighted by Gasteiger charge is 2.03. The first-order valence-electron chi connectivity index (χ1n) is 5.16. The van der Waals surface area contributed by atoms with Crippen molar-refractivity contribution in [3.63, 3.8) is 0 Å². The molecule has 2 rings (SSSR count). The van der Waals surface area contributed by atoms with E-state index in [0.29, 0.717) is 10.7 Å². The molecule has 2 N–H and O–H groups in total. The highest BCUT2D eigenvalue weighted by Crippen LogP contribution is 2.25. The number of thiophene rings is 1. The summed E-state index contributed by atoms with van der Waals surface area (Å²) in [4.78, 5) is 12.6. The smallest absolute Gasteiger partial charge is 0.248 e. The van der Waals surface area contributed by atoms with Crippen molar-refractivity contribution in [3.05, 3.63) is 51.7 Å². The lowest BCUT2D eigenvalue weighted by Crippen LogP contribution is -2.07. The quantitative estimate of drug-likeness (QED) is 0.664. The molecule has 1 aromatic carbocycles. The van der Waals surface area contributed by atoms with Gasteiger partial charge in [-0.2, -0.15) is 0 Å². The zero-order chi connectivity index (χ0) is 13.0. The molecule has 3 nitrogen and oxygen atoms in total. The Kier molecular flexibility index (Phi) is 4.02. The molecule has 0 atom stereocenters. The van der Waals surface area contributed by atoms with Crippen molar-refractivity contribution in [2.24, 2.45) is 0 Å². The lowest BCUT2D eigenvalue weighted by atomic mass is 10.3. The minimum atomic E-state index is -0.268. The molecule has 18 heavy (non-hydrogen) atoms. The summed E-state index contributed by atoms with van der Waals surface area (Å²) in [5, 5.41) is 14.1. The van der Waals surface area contributed by atoms with E-state index < -0.39 is 0 Å². The van der Waals surface area contributed by atoms with Crippen LogP contribution in [0.25, 0.3) is 6.08 Å². The average molecular weight is 280 g/mol. The van der Waals surface area contributed by atoms with Gasteiger partial charge in [0.1, 0.15) is 5.75 Å². The minimum absolute atomic E-state index is 0.0622. The van der Waals surface area contributed by atoms with Crippen LogP contribution < -0.4 is 5.32 Å². The van der Waals surface area contributed by atoms with Crippen LogP contribution in [0.5, 0.6) is 5.75 Å². The number of carbonyl (C=O) groups excluding carboxylic acids is 1. The summed E-state index contributed by atoms with van der Waals surface area (Å²) in [6.07, 6.45) is 3.17. The Hall–Kier alpha value is -1.78. The van der Waals surface area contributed by atoms with E-state index in [0.717, 1.165) is 4.88 Å². The third-order valence-corrected chi connectivity index (χ3v) is 3.30. The van der Waals surface area contributed by atoms with Crippen LogP contribution in [0, 0.1) is 0 Å². The number of halogens is 1. The van der Waals surface area contributed by atoms with Gasteiger partial charge in [-0.3, -0.25) is 4.79 Å². The number of aromatic hydroxyl groups is 1. The molecule has 92 valence electrons. The minimum Gasteiger partial charge on any atom is -0.508 e. The van der Waals surface area contributed by atoms with Gasteiger partial charge >= 0.3 is 0 Å². The second kappa shape index (κ2) is 5.71. The molecule has 0 fully saturated rings. The largest absolute Gasteiger partial charge is 0.508 e. The van der Waals surface area contributed by atoms with Gasteiger partial charge in [0.15, 0.2) is 0 Å². The first kappa shape index (κ1) is 12.7. The van der Waals surface area contributed by atoms with E-state index in [1.807, 2.05) is 17.5 Å². The molecule has 0 aliphatic rings. The molecule has 0 aliphatic heterocycles. The summed E-state index contributed by atoms with van der Waals surface area (Å²) in [5.74, 6) is -0.205. The maximum atomic E-state index is 11.6. The topological polar surface area (TPSA) is 49.3 Å². The van der Waals surface area contributed by atoms with Crippen molar-refractivity contribution >= 4 is 40.6 Å². The zero-order valence-electron chi connectivity index (χ0n) is 9.26. The number of hydrogen-bond donors (Lipinski definition) is 2. The monoisotopic (exact) mass is 279 g/mol. The third kappa shape index (κ3) is 3.35. The molecule has 5 heteroatoms. The van der Waals surface area contributed by atoms with Gasteiger partial charge in [0.05, 0.1) is 10.7 Å². The van der Waals surface area contributed by atoms with Gasteiger partial charge in [0, 0.05) is 17.0 Å². The number of rotatable bonds is 3. The third-order valence-electron chi connectivity index (χ3n) is 2.15. The molecule has 0 radical (unpaired) electrons. The van der Waals surface area contributed by atoms with Crippen LogP contribution in [0.3, 0.4) is 0 Å². The van der Waals surface area contributed by atoms with Crippen LogP contribution in [0.15, 0.2) is 41.8 Å². The highest BCUT2D eigenvalue weighted by molar-refractivity contribution is 7.10. The van der Waals surface area contributed by atoms with Crippen molar-refractivity contribution in [1.82, 2.24) is 0 Å². The van der Waals surface area contributed by atoms with Gasteiger partial charge in [0.25, 0.3) is 0 Å². The van der Waals surface area contributed by atoms with Crippen molar-refractivity contribution in [2.75, 3.05) is 5.32 Å². The Labute approximate surface area is 113 Å². The van der Waals surface area contributed by atoms with E-state index in [2.05, 4.69) is 5.32 Å². The van der Waals surface area contributed by atoms with Crippen LogP contribution in [0.4, 0.5) is 5.69 Å². The number of carbonyl (C=O) groups is 1. The molecule has 0 saturated heterocycles. The molecule has 0 aliphatic carbocycles. The van der Waals surface area contributed by atoms with Gasteiger partial charge in [-0.1, -0.05) is 17.7 Å². The van der Waals surface area contributed by atoms with Gasteiger partial charge in [-0.15, -0.1) is 11.3 Å². The fourth-order valence-electron chi connectivity index (χ4n) is 1.32. The van der Waals surface area contributed by atoms with Crippen LogP contribution in [-0.2, 0) is 4.79 Å². The Morgan fingerprint density at radius 3 is 2.89 bits per heavy atom. The Balaban J connectivity index is 2.03. The fourth-order valence-corrected chi connectivity index (χ4v) is 2.16. The molecule has 2 aromatic rings. The summed E-state index contributed by atoms with van der Waals surface area (Å²) in [6.45, 7) is 0. The summed E-state index contributed by atoms with van der Waals surface area (Å²) >= 11 is 7.43. The van der Waals surface area contributed by atoms with E-state index in [4.69, 9.17) is 11.6 Å². The lowest BCUT2D eigenvalue weighted by molar-refractivity contribution is -0.111. The summed E-state index contributed by atoms with van der Waals surface area (Å²) < 4.78 is 0. The van der Waals surface area contributed by atoms with Crippen LogP contribution in [0.2, 0.25) is 5.02 Å². The molecule has 0 spiro atoms.